The molecule has 9 heteroatoms. The van der Waals surface area contributed by atoms with E-state index in [1.165, 1.54) is 6.07 Å². The van der Waals surface area contributed by atoms with Crippen LogP contribution < -0.4 is 4.72 Å². The van der Waals surface area contributed by atoms with E-state index in [0.717, 1.165) is 11.6 Å². The molecule has 1 aromatic carbocycles. The van der Waals surface area contributed by atoms with E-state index < -0.39 is 16.0 Å². The van der Waals surface area contributed by atoms with E-state index in [9.17, 15) is 13.2 Å². The van der Waals surface area contributed by atoms with Crippen molar-refractivity contribution in [3.8, 4) is 0 Å². The predicted octanol–water partition coefficient (Wildman–Crippen LogP) is 1.98. The molecule has 2 rings (SSSR count). The summed E-state index contributed by atoms with van der Waals surface area (Å²) in [6, 6.07) is 5.88. The van der Waals surface area contributed by atoms with Crippen LogP contribution in [0.3, 0.4) is 0 Å². The van der Waals surface area contributed by atoms with Crippen LogP contribution >= 0.6 is 15.9 Å². The summed E-state index contributed by atoms with van der Waals surface area (Å²) in [5.41, 5.74) is 0.703. The van der Waals surface area contributed by atoms with Crippen molar-refractivity contribution in [3.63, 3.8) is 0 Å². The third-order valence-electron chi connectivity index (χ3n) is 2.42. The molecule has 0 bridgehead atoms. The minimum atomic E-state index is -3.85. The number of hydrogen-bond donors (Lipinski definition) is 3. The highest BCUT2D eigenvalue weighted by atomic mass is 79.9. The van der Waals surface area contributed by atoms with Gasteiger partial charge in [0, 0.05) is 10.5 Å². The molecule has 0 saturated carbocycles. The SMILES string of the molecule is Cc1ccc(S(=O)(=O)Nc2cc(C(=O)O)[nH]n2)c(Br)c1. The number of nitrogens with zero attached hydrogens (tertiary/aromatic N) is 1. The Labute approximate surface area is 123 Å². The van der Waals surface area contributed by atoms with E-state index in [0.29, 0.717) is 4.47 Å². The number of aromatic amines is 1. The number of sulfonamides is 1. The maximum Gasteiger partial charge on any atom is 0.353 e. The fourth-order valence-corrected chi connectivity index (χ4v) is 3.69. The number of benzene rings is 1. The van der Waals surface area contributed by atoms with Crippen LogP contribution in [0.4, 0.5) is 5.82 Å². The first kappa shape index (κ1) is 14.5. The van der Waals surface area contributed by atoms with Crippen molar-refractivity contribution in [1.29, 1.82) is 0 Å². The van der Waals surface area contributed by atoms with Gasteiger partial charge in [-0.1, -0.05) is 6.07 Å². The molecule has 1 aromatic heterocycles. The van der Waals surface area contributed by atoms with Crippen LogP contribution in [0, 0.1) is 6.92 Å². The number of nitrogens with one attached hydrogen (secondary N) is 2. The Balaban J connectivity index is 2.33. The smallest absolute Gasteiger partial charge is 0.353 e. The number of aryl methyl sites for hydroxylation is 1. The lowest BCUT2D eigenvalue weighted by atomic mass is 10.2. The molecule has 0 radical (unpaired) electrons. The molecule has 2 aromatic rings. The number of carboxylic acid groups (broad SMARTS) is 1. The number of anilines is 1. The summed E-state index contributed by atoms with van der Waals surface area (Å²) in [6.45, 7) is 1.83. The Morgan fingerprint density at radius 1 is 1.40 bits per heavy atom. The van der Waals surface area contributed by atoms with Gasteiger partial charge >= 0.3 is 5.97 Å². The molecule has 3 N–H and O–H groups in total. The standard InChI is InChI=1S/C11H10BrN3O4S/c1-6-2-3-9(7(12)4-6)20(18,19)15-10-5-8(11(16)17)13-14-10/h2-5H,1H3,(H,16,17)(H2,13,14,15). The number of hydrogen-bond acceptors (Lipinski definition) is 4. The second-order valence-electron chi connectivity index (χ2n) is 4.01. The number of rotatable bonds is 4. The molecule has 106 valence electrons. The van der Waals surface area contributed by atoms with Gasteiger partial charge in [-0.25, -0.2) is 13.2 Å². The molecule has 0 fully saturated rings. The van der Waals surface area contributed by atoms with Crippen molar-refractivity contribution in [1.82, 2.24) is 10.2 Å². The quantitative estimate of drug-likeness (QED) is 0.772. The summed E-state index contributed by atoms with van der Waals surface area (Å²) in [4.78, 5) is 10.7. The molecular weight excluding hydrogens is 350 g/mol. The number of halogens is 1. The largest absolute Gasteiger partial charge is 0.477 e. The van der Waals surface area contributed by atoms with Gasteiger partial charge in [-0.05, 0) is 40.5 Å². The Morgan fingerprint density at radius 3 is 2.65 bits per heavy atom. The second kappa shape index (κ2) is 5.25. The molecule has 0 saturated heterocycles. The van der Waals surface area contributed by atoms with E-state index in [2.05, 4.69) is 30.8 Å². The highest BCUT2D eigenvalue weighted by Crippen LogP contribution is 2.24. The summed E-state index contributed by atoms with van der Waals surface area (Å²) < 4.78 is 27.0. The Hall–Kier alpha value is -1.87. The molecular formula is C11H10BrN3O4S. The van der Waals surface area contributed by atoms with E-state index in [-0.39, 0.29) is 16.4 Å². The molecule has 1 heterocycles. The number of carboxylic acids is 1. The average Bonchev–Trinajstić information content (AvgIpc) is 2.76. The van der Waals surface area contributed by atoms with Crippen LogP contribution in [-0.2, 0) is 10.0 Å². The summed E-state index contributed by atoms with van der Waals surface area (Å²) in [5.74, 6) is -1.31. The van der Waals surface area contributed by atoms with Crippen molar-refractivity contribution in [2.75, 3.05) is 4.72 Å². The van der Waals surface area contributed by atoms with Crippen LogP contribution in [0.5, 0.6) is 0 Å². The van der Waals surface area contributed by atoms with Gasteiger partial charge in [-0.15, -0.1) is 0 Å². The van der Waals surface area contributed by atoms with Gasteiger partial charge in [0.05, 0.1) is 0 Å². The lowest BCUT2D eigenvalue weighted by molar-refractivity contribution is 0.0690. The Morgan fingerprint density at radius 2 is 2.10 bits per heavy atom. The van der Waals surface area contributed by atoms with E-state index in [4.69, 9.17) is 5.11 Å². The topological polar surface area (TPSA) is 112 Å². The van der Waals surface area contributed by atoms with Crippen LogP contribution in [0.2, 0.25) is 0 Å². The number of H-pyrrole nitrogens is 1. The normalized spacial score (nSPS) is 11.3. The fraction of sp³-hybridized carbons (Fsp3) is 0.0909. The highest BCUT2D eigenvalue weighted by molar-refractivity contribution is 9.10. The van der Waals surface area contributed by atoms with Gasteiger partial charge in [0.25, 0.3) is 10.0 Å². The van der Waals surface area contributed by atoms with Gasteiger partial charge in [-0.2, -0.15) is 5.10 Å². The van der Waals surface area contributed by atoms with Gasteiger partial charge in [0.1, 0.15) is 10.6 Å². The molecule has 0 unspecified atom stereocenters. The number of aromatic carboxylic acids is 1. The van der Waals surface area contributed by atoms with Crippen molar-refractivity contribution in [3.05, 3.63) is 40.0 Å². The van der Waals surface area contributed by atoms with Crippen molar-refractivity contribution in [2.24, 2.45) is 0 Å². The third kappa shape index (κ3) is 2.99. The summed E-state index contributed by atoms with van der Waals surface area (Å²) in [6.07, 6.45) is 0. The molecule has 0 atom stereocenters. The van der Waals surface area contributed by atoms with Crippen LogP contribution in [0.15, 0.2) is 33.6 Å². The van der Waals surface area contributed by atoms with E-state index >= 15 is 0 Å². The van der Waals surface area contributed by atoms with Crippen LogP contribution in [0.25, 0.3) is 0 Å². The first-order valence-corrected chi connectivity index (χ1v) is 7.65. The molecule has 0 aliphatic carbocycles. The van der Waals surface area contributed by atoms with Crippen LogP contribution in [-0.4, -0.2) is 29.7 Å². The van der Waals surface area contributed by atoms with Gasteiger partial charge < -0.3 is 5.11 Å². The van der Waals surface area contributed by atoms with E-state index in [1.807, 2.05) is 6.92 Å². The summed E-state index contributed by atoms with van der Waals surface area (Å²) >= 11 is 3.18. The zero-order valence-corrected chi connectivity index (χ0v) is 12.6. The Kier molecular flexibility index (Phi) is 3.82. The second-order valence-corrected chi connectivity index (χ2v) is 6.52. The molecule has 7 nitrogen and oxygen atoms in total. The molecule has 0 spiro atoms. The minimum absolute atomic E-state index is 0.0444. The number of aromatic nitrogens is 2. The predicted molar refractivity (Wildman–Crippen MR) is 75.2 cm³/mol. The Bertz CT molecular complexity index is 770. The molecule has 0 aliphatic heterocycles. The highest BCUT2D eigenvalue weighted by Gasteiger charge is 2.19. The summed E-state index contributed by atoms with van der Waals surface area (Å²) in [5, 5.41) is 14.5. The maximum absolute atomic E-state index is 12.2. The van der Waals surface area contributed by atoms with E-state index in [1.54, 1.807) is 12.1 Å². The van der Waals surface area contributed by atoms with Gasteiger partial charge in [0.2, 0.25) is 0 Å². The monoisotopic (exact) mass is 359 g/mol. The zero-order valence-electron chi connectivity index (χ0n) is 10.2. The zero-order chi connectivity index (χ0) is 14.9. The first-order chi connectivity index (χ1) is 9.29. The summed E-state index contributed by atoms with van der Waals surface area (Å²) in [7, 11) is -3.85. The number of carbonyl (C=O) groups is 1. The lowest BCUT2D eigenvalue weighted by Gasteiger charge is -2.07. The maximum atomic E-state index is 12.2. The molecule has 0 aliphatic rings. The first-order valence-electron chi connectivity index (χ1n) is 5.37. The molecule has 20 heavy (non-hydrogen) atoms. The van der Waals surface area contributed by atoms with Crippen LogP contribution in [0.1, 0.15) is 16.1 Å². The molecule has 0 amide bonds. The fourth-order valence-electron chi connectivity index (χ4n) is 1.50. The van der Waals surface area contributed by atoms with Gasteiger partial charge in [-0.3, -0.25) is 9.82 Å². The third-order valence-corrected chi connectivity index (χ3v) is 4.76. The lowest BCUT2D eigenvalue weighted by Crippen LogP contribution is -2.13. The van der Waals surface area contributed by atoms with Crippen molar-refractivity contribution >= 4 is 37.7 Å². The average molecular weight is 360 g/mol. The van der Waals surface area contributed by atoms with Crippen molar-refractivity contribution in [2.45, 2.75) is 11.8 Å². The van der Waals surface area contributed by atoms with Gasteiger partial charge in [0.15, 0.2) is 5.82 Å². The minimum Gasteiger partial charge on any atom is -0.477 e. The van der Waals surface area contributed by atoms with Crippen molar-refractivity contribution < 1.29 is 18.3 Å².